The molecule has 0 unspecified atom stereocenters. The Morgan fingerprint density at radius 1 is 1.00 bits per heavy atom. The molecule has 0 fully saturated rings. The van der Waals surface area contributed by atoms with Gasteiger partial charge in [-0.15, -0.1) is 0 Å². The Balaban J connectivity index is 2.22. The van der Waals surface area contributed by atoms with Crippen molar-refractivity contribution in [1.82, 2.24) is 14.8 Å². The average Bonchev–Trinajstić information content (AvgIpc) is 2.74. The van der Waals surface area contributed by atoms with Crippen molar-refractivity contribution in [1.29, 1.82) is 0 Å². The number of pyridine rings is 1. The summed E-state index contributed by atoms with van der Waals surface area (Å²) in [5, 5.41) is 5.36. The van der Waals surface area contributed by atoms with Crippen LogP contribution in [0.3, 0.4) is 0 Å². The summed E-state index contributed by atoms with van der Waals surface area (Å²) in [5.41, 5.74) is 8.44. The third kappa shape index (κ3) is 1.32. The van der Waals surface area contributed by atoms with E-state index in [9.17, 15) is 0 Å². The van der Waals surface area contributed by atoms with Crippen LogP contribution in [0.25, 0.3) is 16.6 Å². The summed E-state index contributed by atoms with van der Waals surface area (Å²) in [6.07, 6.45) is 5.37. The molecule has 0 bridgehead atoms. The number of nitrogens with two attached hydrogens (primary N) is 1. The van der Waals surface area contributed by atoms with Crippen LogP contribution in [0, 0.1) is 0 Å². The van der Waals surface area contributed by atoms with Crippen molar-refractivity contribution in [3.05, 3.63) is 48.9 Å². The van der Waals surface area contributed by atoms with Crippen LogP contribution < -0.4 is 5.73 Å². The number of anilines is 1. The van der Waals surface area contributed by atoms with Gasteiger partial charge in [-0.1, -0.05) is 0 Å². The molecule has 78 valence electrons. The maximum atomic E-state index is 5.65. The molecular weight excluding hydrogens is 200 g/mol. The highest BCUT2D eigenvalue weighted by Gasteiger charge is 2.03. The minimum absolute atomic E-state index is 0.752. The molecule has 0 saturated carbocycles. The Labute approximate surface area is 92.3 Å². The van der Waals surface area contributed by atoms with Crippen LogP contribution >= 0.6 is 0 Å². The second-order valence-corrected chi connectivity index (χ2v) is 3.58. The fraction of sp³-hybridized carbons (Fsp3) is 0. The number of fused-ring (bicyclic) bond motifs is 1. The van der Waals surface area contributed by atoms with Crippen LogP contribution in [-0.4, -0.2) is 14.8 Å². The standard InChI is InChI=1S/C12H10N4/c13-10-1-3-11(4-2-10)16-12-5-6-14-7-9(12)8-15-16/h1-8H,13H2. The van der Waals surface area contributed by atoms with E-state index in [1.807, 2.05) is 35.0 Å². The maximum Gasteiger partial charge on any atom is 0.0771 e. The summed E-state index contributed by atoms with van der Waals surface area (Å²) in [4.78, 5) is 4.06. The predicted molar refractivity (Wildman–Crippen MR) is 63.3 cm³/mol. The number of benzene rings is 1. The van der Waals surface area contributed by atoms with Gasteiger partial charge in [0.05, 0.1) is 17.4 Å². The number of rotatable bonds is 1. The van der Waals surface area contributed by atoms with Gasteiger partial charge in [0.1, 0.15) is 0 Å². The molecular formula is C12H10N4. The van der Waals surface area contributed by atoms with E-state index in [-0.39, 0.29) is 0 Å². The van der Waals surface area contributed by atoms with Gasteiger partial charge in [0.2, 0.25) is 0 Å². The second-order valence-electron chi connectivity index (χ2n) is 3.58. The summed E-state index contributed by atoms with van der Waals surface area (Å²) in [6.45, 7) is 0. The number of nitrogen functional groups attached to an aromatic ring is 1. The lowest BCUT2D eigenvalue weighted by molar-refractivity contribution is 0.911. The van der Waals surface area contributed by atoms with Crippen LogP contribution in [-0.2, 0) is 0 Å². The summed E-state index contributed by atoms with van der Waals surface area (Å²) >= 11 is 0. The highest BCUT2D eigenvalue weighted by molar-refractivity contribution is 5.79. The Kier molecular flexibility index (Phi) is 1.86. The third-order valence-corrected chi connectivity index (χ3v) is 2.51. The van der Waals surface area contributed by atoms with Crippen LogP contribution in [0.2, 0.25) is 0 Å². The predicted octanol–water partition coefficient (Wildman–Crippen LogP) is 2.00. The first-order valence-corrected chi connectivity index (χ1v) is 4.98. The van der Waals surface area contributed by atoms with Crippen molar-refractivity contribution >= 4 is 16.6 Å². The number of hydrogen-bond acceptors (Lipinski definition) is 3. The lowest BCUT2D eigenvalue weighted by Gasteiger charge is -2.03. The van der Waals surface area contributed by atoms with E-state index in [2.05, 4.69) is 10.1 Å². The molecule has 3 aromatic rings. The SMILES string of the molecule is Nc1ccc(-n2ncc3cnccc32)cc1. The number of hydrogen-bond donors (Lipinski definition) is 1. The molecule has 0 atom stereocenters. The summed E-state index contributed by atoms with van der Waals surface area (Å²) < 4.78 is 1.87. The van der Waals surface area contributed by atoms with Gasteiger partial charge in [0, 0.05) is 23.5 Å². The topological polar surface area (TPSA) is 56.7 Å². The fourth-order valence-corrected chi connectivity index (χ4v) is 1.70. The molecule has 2 heterocycles. The monoisotopic (exact) mass is 210 g/mol. The zero-order chi connectivity index (χ0) is 11.0. The molecule has 2 N–H and O–H groups in total. The van der Waals surface area contributed by atoms with Crippen molar-refractivity contribution in [3.63, 3.8) is 0 Å². The number of nitrogens with zero attached hydrogens (tertiary/aromatic N) is 3. The molecule has 0 radical (unpaired) electrons. The zero-order valence-corrected chi connectivity index (χ0v) is 8.54. The average molecular weight is 210 g/mol. The van der Waals surface area contributed by atoms with Crippen molar-refractivity contribution in [2.75, 3.05) is 5.73 Å². The first-order chi connectivity index (χ1) is 7.84. The molecule has 1 aromatic carbocycles. The van der Waals surface area contributed by atoms with E-state index in [0.29, 0.717) is 0 Å². The Bertz CT molecular complexity index is 625. The summed E-state index contributed by atoms with van der Waals surface area (Å²) in [6, 6.07) is 9.57. The van der Waals surface area contributed by atoms with E-state index in [1.165, 1.54) is 0 Å². The van der Waals surface area contributed by atoms with E-state index in [0.717, 1.165) is 22.3 Å². The van der Waals surface area contributed by atoms with E-state index < -0.39 is 0 Å². The van der Waals surface area contributed by atoms with Gasteiger partial charge in [0.15, 0.2) is 0 Å². The molecule has 0 aliphatic carbocycles. The van der Waals surface area contributed by atoms with Gasteiger partial charge in [-0.25, -0.2) is 4.68 Å². The van der Waals surface area contributed by atoms with Crippen LogP contribution in [0.15, 0.2) is 48.9 Å². The number of aromatic nitrogens is 3. The summed E-state index contributed by atoms with van der Waals surface area (Å²) in [7, 11) is 0. The molecule has 3 rings (SSSR count). The van der Waals surface area contributed by atoms with E-state index in [4.69, 9.17) is 5.73 Å². The van der Waals surface area contributed by atoms with E-state index in [1.54, 1.807) is 18.6 Å². The van der Waals surface area contributed by atoms with Crippen molar-refractivity contribution in [2.45, 2.75) is 0 Å². The highest BCUT2D eigenvalue weighted by atomic mass is 15.3. The van der Waals surface area contributed by atoms with Crippen molar-refractivity contribution in [3.8, 4) is 5.69 Å². The molecule has 2 aromatic heterocycles. The largest absolute Gasteiger partial charge is 0.399 e. The molecule has 4 nitrogen and oxygen atoms in total. The van der Waals surface area contributed by atoms with Gasteiger partial charge < -0.3 is 5.73 Å². The van der Waals surface area contributed by atoms with Gasteiger partial charge >= 0.3 is 0 Å². The molecule has 0 aliphatic rings. The minimum atomic E-state index is 0.752. The van der Waals surface area contributed by atoms with Crippen LogP contribution in [0.4, 0.5) is 5.69 Å². The van der Waals surface area contributed by atoms with Crippen molar-refractivity contribution in [2.24, 2.45) is 0 Å². The molecule has 0 amide bonds. The van der Waals surface area contributed by atoms with Gasteiger partial charge in [-0.2, -0.15) is 5.10 Å². The lowest BCUT2D eigenvalue weighted by atomic mass is 10.3. The lowest BCUT2D eigenvalue weighted by Crippen LogP contribution is -1.96. The maximum absolute atomic E-state index is 5.65. The second kappa shape index (κ2) is 3.34. The summed E-state index contributed by atoms with van der Waals surface area (Å²) in [5.74, 6) is 0. The molecule has 16 heavy (non-hydrogen) atoms. The molecule has 4 heteroatoms. The Hall–Kier alpha value is -2.36. The third-order valence-electron chi connectivity index (χ3n) is 2.51. The molecule has 0 aliphatic heterocycles. The van der Waals surface area contributed by atoms with Gasteiger partial charge in [-0.3, -0.25) is 4.98 Å². The normalized spacial score (nSPS) is 10.8. The smallest absolute Gasteiger partial charge is 0.0771 e. The first kappa shape index (κ1) is 8.91. The highest BCUT2D eigenvalue weighted by Crippen LogP contribution is 2.17. The molecule has 0 saturated heterocycles. The molecule has 0 spiro atoms. The Morgan fingerprint density at radius 3 is 2.62 bits per heavy atom. The Morgan fingerprint density at radius 2 is 1.81 bits per heavy atom. The van der Waals surface area contributed by atoms with Crippen molar-refractivity contribution < 1.29 is 0 Å². The minimum Gasteiger partial charge on any atom is -0.399 e. The van der Waals surface area contributed by atoms with Gasteiger partial charge in [-0.05, 0) is 30.3 Å². The van der Waals surface area contributed by atoms with Crippen LogP contribution in [0.1, 0.15) is 0 Å². The first-order valence-electron chi connectivity index (χ1n) is 4.98. The zero-order valence-electron chi connectivity index (χ0n) is 8.54. The van der Waals surface area contributed by atoms with Crippen LogP contribution in [0.5, 0.6) is 0 Å². The van der Waals surface area contributed by atoms with E-state index >= 15 is 0 Å². The van der Waals surface area contributed by atoms with Gasteiger partial charge in [0.25, 0.3) is 0 Å². The fourth-order valence-electron chi connectivity index (χ4n) is 1.70. The quantitative estimate of drug-likeness (QED) is 0.625.